The molecule has 0 aliphatic heterocycles. The van der Waals surface area contributed by atoms with E-state index in [9.17, 15) is 4.79 Å². The van der Waals surface area contributed by atoms with Crippen molar-refractivity contribution in [1.29, 1.82) is 0 Å². The summed E-state index contributed by atoms with van der Waals surface area (Å²) < 4.78 is 6.28. The minimum Gasteiger partial charge on any atom is -0.484 e. The zero-order valence-electron chi connectivity index (χ0n) is 10.6. The topological polar surface area (TPSA) is 50.7 Å². The highest BCUT2D eigenvalue weighted by atomic mass is 79.9. The lowest BCUT2D eigenvalue weighted by atomic mass is 10.2. The summed E-state index contributed by atoms with van der Waals surface area (Å²) in [7, 11) is 0. The lowest BCUT2D eigenvalue weighted by molar-refractivity contribution is -0.123. The highest BCUT2D eigenvalue weighted by molar-refractivity contribution is 9.10. The highest BCUT2D eigenvalue weighted by Crippen LogP contribution is 2.15. The molecule has 18 heavy (non-hydrogen) atoms. The molecule has 0 bridgehead atoms. The number of nitrogens with one attached hydrogen (secondary N) is 1. The Morgan fingerprint density at radius 1 is 1.39 bits per heavy atom. The van der Waals surface area contributed by atoms with Gasteiger partial charge in [0.1, 0.15) is 5.75 Å². The Labute approximate surface area is 116 Å². The first-order valence-electron chi connectivity index (χ1n) is 5.82. The molecule has 0 unspecified atom stereocenters. The molecule has 1 N–H and O–H groups in total. The first kappa shape index (κ1) is 14.7. The van der Waals surface area contributed by atoms with E-state index in [4.69, 9.17) is 4.74 Å². The molecule has 0 saturated heterocycles. The van der Waals surface area contributed by atoms with Crippen LogP contribution in [-0.2, 0) is 4.79 Å². The van der Waals surface area contributed by atoms with Crippen LogP contribution in [0.25, 0.3) is 0 Å². The van der Waals surface area contributed by atoms with Crippen molar-refractivity contribution < 1.29 is 9.53 Å². The standard InChI is InChI=1S/C13H17BrN2O2/c1-3-4-10(2)15-16-13(17)9-18-12-7-5-11(14)6-8-12/h5-8H,3-4,9H2,1-2H3,(H,16,17)/b15-10-. The molecular weight excluding hydrogens is 296 g/mol. The Hall–Kier alpha value is -1.36. The first-order valence-corrected chi connectivity index (χ1v) is 6.61. The molecule has 1 aromatic rings. The highest BCUT2D eigenvalue weighted by Gasteiger charge is 2.01. The number of benzene rings is 1. The van der Waals surface area contributed by atoms with Crippen molar-refractivity contribution in [3.05, 3.63) is 28.7 Å². The van der Waals surface area contributed by atoms with Gasteiger partial charge in [-0.3, -0.25) is 4.79 Å². The van der Waals surface area contributed by atoms with Gasteiger partial charge in [0.2, 0.25) is 0 Å². The van der Waals surface area contributed by atoms with Gasteiger partial charge in [0.05, 0.1) is 0 Å². The van der Waals surface area contributed by atoms with E-state index in [0.29, 0.717) is 5.75 Å². The lowest BCUT2D eigenvalue weighted by Gasteiger charge is -2.05. The number of hydrazone groups is 1. The van der Waals surface area contributed by atoms with E-state index in [2.05, 4.69) is 33.4 Å². The van der Waals surface area contributed by atoms with Crippen LogP contribution in [0.4, 0.5) is 0 Å². The van der Waals surface area contributed by atoms with Gasteiger partial charge in [0.15, 0.2) is 6.61 Å². The van der Waals surface area contributed by atoms with E-state index in [1.165, 1.54) is 0 Å². The number of carbonyl (C=O) groups excluding carboxylic acids is 1. The number of amides is 1. The van der Waals surface area contributed by atoms with E-state index in [1.54, 1.807) is 12.1 Å². The quantitative estimate of drug-likeness (QED) is 0.648. The number of hydrogen-bond acceptors (Lipinski definition) is 3. The second-order valence-electron chi connectivity index (χ2n) is 3.87. The van der Waals surface area contributed by atoms with Crippen LogP contribution in [-0.4, -0.2) is 18.2 Å². The monoisotopic (exact) mass is 312 g/mol. The van der Waals surface area contributed by atoms with Crippen LogP contribution in [0.2, 0.25) is 0 Å². The van der Waals surface area contributed by atoms with Gasteiger partial charge in [-0.25, -0.2) is 5.43 Å². The Morgan fingerprint density at radius 2 is 2.06 bits per heavy atom. The molecular formula is C13H17BrN2O2. The van der Waals surface area contributed by atoms with Crippen molar-refractivity contribution in [2.75, 3.05) is 6.61 Å². The third kappa shape index (κ3) is 5.82. The van der Waals surface area contributed by atoms with Crippen LogP contribution in [0, 0.1) is 0 Å². The number of nitrogens with zero attached hydrogens (tertiary/aromatic N) is 1. The van der Waals surface area contributed by atoms with Crippen LogP contribution in [0.3, 0.4) is 0 Å². The smallest absolute Gasteiger partial charge is 0.277 e. The van der Waals surface area contributed by atoms with Gasteiger partial charge in [0, 0.05) is 10.2 Å². The number of ether oxygens (including phenoxy) is 1. The van der Waals surface area contributed by atoms with E-state index < -0.39 is 0 Å². The summed E-state index contributed by atoms with van der Waals surface area (Å²) in [6.07, 6.45) is 1.90. The third-order valence-corrected chi connectivity index (χ3v) is 2.70. The zero-order chi connectivity index (χ0) is 13.4. The average molecular weight is 313 g/mol. The van der Waals surface area contributed by atoms with E-state index >= 15 is 0 Å². The molecule has 1 amide bonds. The molecule has 1 rings (SSSR count). The summed E-state index contributed by atoms with van der Waals surface area (Å²) in [5.74, 6) is 0.399. The lowest BCUT2D eigenvalue weighted by Crippen LogP contribution is -2.25. The molecule has 98 valence electrons. The molecule has 0 atom stereocenters. The van der Waals surface area contributed by atoms with Gasteiger partial charge in [-0.2, -0.15) is 5.10 Å². The average Bonchev–Trinajstić information content (AvgIpc) is 2.36. The fourth-order valence-corrected chi connectivity index (χ4v) is 1.55. The molecule has 0 radical (unpaired) electrons. The molecule has 0 saturated carbocycles. The Kier molecular flexibility index (Phi) is 6.43. The summed E-state index contributed by atoms with van der Waals surface area (Å²) in [4.78, 5) is 11.4. The minimum atomic E-state index is -0.256. The van der Waals surface area contributed by atoms with E-state index in [0.717, 1.165) is 23.0 Å². The Morgan fingerprint density at radius 3 is 2.67 bits per heavy atom. The molecule has 0 fully saturated rings. The second kappa shape index (κ2) is 7.87. The van der Waals surface area contributed by atoms with Crippen molar-refractivity contribution in [2.45, 2.75) is 26.7 Å². The van der Waals surface area contributed by atoms with E-state index in [-0.39, 0.29) is 12.5 Å². The van der Waals surface area contributed by atoms with Crippen molar-refractivity contribution in [2.24, 2.45) is 5.10 Å². The summed E-state index contributed by atoms with van der Waals surface area (Å²) >= 11 is 3.33. The van der Waals surface area contributed by atoms with Gasteiger partial charge >= 0.3 is 0 Å². The SMILES string of the molecule is CCC/C(C)=N\NC(=O)COc1ccc(Br)cc1. The second-order valence-corrected chi connectivity index (χ2v) is 4.79. The van der Waals surface area contributed by atoms with Gasteiger partial charge in [-0.15, -0.1) is 0 Å². The molecule has 0 spiro atoms. The van der Waals surface area contributed by atoms with Crippen molar-refractivity contribution in [3.8, 4) is 5.75 Å². The van der Waals surface area contributed by atoms with Crippen LogP contribution in [0.5, 0.6) is 5.75 Å². The molecule has 1 aromatic carbocycles. The molecule has 5 heteroatoms. The predicted molar refractivity (Wildman–Crippen MR) is 75.8 cm³/mol. The minimum absolute atomic E-state index is 0.0372. The molecule has 0 aromatic heterocycles. The van der Waals surface area contributed by atoms with Gasteiger partial charge in [-0.1, -0.05) is 29.3 Å². The fraction of sp³-hybridized carbons (Fsp3) is 0.385. The number of hydrogen-bond donors (Lipinski definition) is 1. The van der Waals surface area contributed by atoms with Crippen LogP contribution in [0.1, 0.15) is 26.7 Å². The largest absolute Gasteiger partial charge is 0.484 e. The Bertz CT molecular complexity index is 416. The fourth-order valence-electron chi connectivity index (χ4n) is 1.29. The van der Waals surface area contributed by atoms with Gasteiger partial charge in [-0.05, 0) is 37.6 Å². The van der Waals surface area contributed by atoms with Gasteiger partial charge in [0.25, 0.3) is 5.91 Å². The maximum atomic E-state index is 11.4. The molecule has 0 aliphatic rings. The summed E-state index contributed by atoms with van der Waals surface area (Å²) in [6, 6.07) is 7.31. The van der Waals surface area contributed by atoms with Crippen LogP contribution < -0.4 is 10.2 Å². The van der Waals surface area contributed by atoms with Gasteiger partial charge < -0.3 is 4.74 Å². The zero-order valence-corrected chi connectivity index (χ0v) is 12.2. The summed E-state index contributed by atoms with van der Waals surface area (Å²) in [5.41, 5.74) is 3.38. The van der Waals surface area contributed by atoms with Crippen LogP contribution >= 0.6 is 15.9 Å². The maximum absolute atomic E-state index is 11.4. The normalized spacial score (nSPS) is 11.2. The van der Waals surface area contributed by atoms with Crippen molar-refractivity contribution >= 4 is 27.5 Å². The first-order chi connectivity index (χ1) is 8.61. The molecule has 4 nitrogen and oxygen atoms in total. The third-order valence-electron chi connectivity index (χ3n) is 2.17. The summed E-state index contributed by atoms with van der Waals surface area (Å²) in [5, 5.41) is 3.97. The maximum Gasteiger partial charge on any atom is 0.277 e. The molecule has 0 heterocycles. The van der Waals surface area contributed by atoms with Crippen molar-refractivity contribution in [3.63, 3.8) is 0 Å². The predicted octanol–water partition coefficient (Wildman–Crippen LogP) is 3.12. The molecule has 0 aliphatic carbocycles. The summed E-state index contributed by atoms with van der Waals surface area (Å²) in [6.45, 7) is 3.92. The Balaban J connectivity index is 2.33. The number of rotatable bonds is 6. The van der Waals surface area contributed by atoms with Crippen molar-refractivity contribution in [1.82, 2.24) is 5.43 Å². The number of halogens is 1. The van der Waals surface area contributed by atoms with Crippen LogP contribution in [0.15, 0.2) is 33.8 Å². The number of carbonyl (C=O) groups is 1. The van der Waals surface area contributed by atoms with E-state index in [1.807, 2.05) is 19.1 Å².